The molecule has 5 nitrogen and oxygen atoms in total. The molecule has 1 fully saturated rings. The molecular formula is C14H24N2O3S. The summed E-state index contributed by atoms with van der Waals surface area (Å²) < 4.78 is 27.5. The first-order valence-corrected chi connectivity index (χ1v) is 8.88. The maximum Gasteiger partial charge on any atom is 0.271 e. The minimum Gasteiger partial charge on any atom is -0.447 e. The smallest absolute Gasteiger partial charge is 0.271 e. The highest BCUT2D eigenvalue weighted by molar-refractivity contribution is 7.89. The third kappa shape index (κ3) is 4.33. The maximum absolute atomic E-state index is 11.1. The van der Waals surface area contributed by atoms with Crippen molar-refractivity contribution in [1.29, 1.82) is 0 Å². The van der Waals surface area contributed by atoms with E-state index in [2.05, 4.69) is 12.2 Å². The number of primary sulfonamides is 1. The van der Waals surface area contributed by atoms with Crippen molar-refractivity contribution in [3.05, 3.63) is 17.9 Å². The summed E-state index contributed by atoms with van der Waals surface area (Å²) in [5.41, 5.74) is 0. The molecule has 1 aromatic heterocycles. The van der Waals surface area contributed by atoms with Gasteiger partial charge in [0.25, 0.3) is 10.0 Å². The van der Waals surface area contributed by atoms with Crippen molar-refractivity contribution in [2.75, 3.05) is 0 Å². The molecule has 2 rings (SSSR count). The number of furan rings is 1. The molecule has 0 aliphatic heterocycles. The lowest BCUT2D eigenvalue weighted by atomic mass is 9.83. The molecule has 114 valence electrons. The van der Waals surface area contributed by atoms with E-state index in [4.69, 9.17) is 9.56 Å². The molecule has 1 aromatic rings. The Bertz CT molecular complexity index is 516. The fourth-order valence-electron chi connectivity index (χ4n) is 2.91. The van der Waals surface area contributed by atoms with Crippen LogP contribution in [0.3, 0.4) is 0 Å². The fraction of sp³-hybridized carbons (Fsp3) is 0.714. The van der Waals surface area contributed by atoms with Gasteiger partial charge in [0, 0.05) is 6.04 Å². The van der Waals surface area contributed by atoms with Crippen LogP contribution in [0, 0.1) is 5.92 Å². The van der Waals surface area contributed by atoms with Gasteiger partial charge >= 0.3 is 0 Å². The topological polar surface area (TPSA) is 85.3 Å². The van der Waals surface area contributed by atoms with E-state index in [-0.39, 0.29) is 5.09 Å². The number of hydrogen-bond donors (Lipinski definition) is 2. The molecule has 0 aromatic carbocycles. The summed E-state index contributed by atoms with van der Waals surface area (Å²) in [5.74, 6) is 1.50. The van der Waals surface area contributed by atoms with Crippen LogP contribution in [0.4, 0.5) is 0 Å². The van der Waals surface area contributed by atoms with Crippen LogP contribution in [0.2, 0.25) is 0 Å². The van der Waals surface area contributed by atoms with Crippen LogP contribution in [0.15, 0.2) is 21.6 Å². The number of hydrogen-bond acceptors (Lipinski definition) is 4. The Hall–Kier alpha value is -0.850. The first kappa shape index (κ1) is 15.5. The lowest BCUT2D eigenvalue weighted by molar-refractivity contribution is 0.271. The molecule has 0 spiro atoms. The molecule has 1 saturated carbocycles. The van der Waals surface area contributed by atoms with E-state index in [1.165, 1.54) is 44.6 Å². The molecular weight excluding hydrogens is 276 g/mol. The van der Waals surface area contributed by atoms with Gasteiger partial charge in [-0.05, 0) is 43.7 Å². The number of rotatable bonds is 6. The zero-order chi connectivity index (χ0) is 14.6. The summed E-state index contributed by atoms with van der Waals surface area (Å²) in [6, 6.07) is 3.58. The van der Waals surface area contributed by atoms with Gasteiger partial charge in [0.1, 0.15) is 5.76 Å². The Kier molecular flexibility index (Phi) is 5.23. The quantitative estimate of drug-likeness (QED) is 0.844. The molecule has 0 unspecified atom stereocenters. The average Bonchev–Trinajstić information content (AvgIpc) is 2.87. The van der Waals surface area contributed by atoms with E-state index in [9.17, 15) is 8.42 Å². The van der Waals surface area contributed by atoms with E-state index in [1.807, 2.05) is 0 Å². The summed E-state index contributed by atoms with van der Waals surface area (Å²) in [5, 5.41) is 8.28. The highest BCUT2D eigenvalue weighted by Crippen LogP contribution is 2.27. The first-order valence-electron chi connectivity index (χ1n) is 7.34. The highest BCUT2D eigenvalue weighted by atomic mass is 32.2. The Morgan fingerprint density at radius 1 is 1.30 bits per heavy atom. The zero-order valence-electron chi connectivity index (χ0n) is 12.0. The Morgan fingerprint density at radius 3 is 2.55 bits per heavy atom. The maximum atomic E-state index is 11.1. The zero-order valence-corrected chi connectivity index (χ0v) is 12.8. The van der Waals surface area contributed by atoms with Crippen molar-refractivity contribution in [3.63, 3.8) is 0 Å². The number of nitrogens with one attached hydrogen (secondary N) is 1. The molecule has 0 atom stereocenters. The molecule has 6 heteroatoms. The van der Waals surface area contributed by atoms with Crippen molar-refractivity contribution >= 4 is 10.0 Å². The standard InChI is InChI=1S/C14H24N2O3S/c1-2-3-11-4-6-12(7-5-11)16-10-13-8-9-14(19-13)20(15,17)18/h8-9,11-12,16H,2-7,10H2,1H3,(H2,15,17,18). The van der Waals surface area contributed by atoms with Gasteiger partial charge in [0.05, 0.1) is 6.54 Å². The lowest BCUT2D eigenvalue weighted by Gasteiger charge is -2.28. The Labute approximate surface area is 121 Å². The summed E-state index contributed by atoms with van der Waals surface area (Å²) in [7, 11) is -3.73. The van der Waals surface area contributed by atoms with Crippen molar-refractivity contribution in [2.24, 2.45) is 11.1 Å². The van der Waals surface area contributed by atoms with Crippen LogP contribution < -0.4 is 10.5 Å². The van der Waals surface area contributed by atoms with Gasteiger partial charge in [-0.15, -0.1) is 0 Å². The summed E-state index contributed by atoms with van der Waals surface area (Å²) in [4.78, 5) is 0. The van der Waals surface area contributed by atoms with Gasteiger partial charge < -0.3 is 9.73 Å². The second-order valence-corrected chi connectivity index (χ2v) is 7.15. The predicted octanol–water partition coefficient (Wildman–Crippen LogP) is 2.38. The first-order chi connectivity index (χ1) is 9.49. The third-order valence-electron chi connectivity index (χ3n) is 4.03. The van der Waals surface area contributed by atoms with Gasteiger partial charge in [0.2, 0.25) is 5.09 Å². The van der Waals surface area contributed by atoms with E-state index in [0.29, 0.717) is 18.3 Å². The van der Waals surface area contributed by atoms with Gasteiger partial charge in [-0.1, -0.05) is 19.8 Å². The van der Waals surface area contributed by atoms with Crippen LogP contribution in [0.1, 0.15) is 51.2 Å². The van der Waals surface area contributed by atoms with Crippen molar-refractivity contribution < 1.29 is 12.8 Å². The van der Waals surface area contributed by atoms with Crippen LogP contribution in [-0.2, 0) is 16.6 Å². The molecule has 0 radical (unpaired) electrons. The van der Waals surface area contributed by atoms with Gasteiger partial charge in [-0.3, -0.25) is 0 Å². The van der Waals surface area contributed by atoms with E-state index in [0.717, 1.165) is 5.92 Å². The van der Waals surface area contributed by atoms with Crippen molar-refractivity contribution in [1.82, 2.24) is 5.32 Å². The van der Waals surface area contributed by atoms with Crippen LogP contribution in [0.5, 0.6) is 0 Å². The van der Waals surface area contributed by atoms with Crippen molar-refractivity contribution in [2.45, 2.75) is 63.1 Å². The second kappa shape index (κ2) is 6.74. The third-order valence-corrected chi connectivity index (χ3v) is 4.81. The largest absolute Gasteiger partial charge is 0.447 e. The van der Waals surface area contributed by atoms with Crippen LogP contribution >= 0.6 is 0 Å². The Balaban J connectivity index is 1.78. The normalized spacial score (nSPS) is 23.9. The van der Waals surface area contributed by atoms with Gasteiger partial charge in [-0.25, -0.2) is 13.6 Å². The molecule has 1 aliphatic rings. The fourth-order valence-corrected chi connectivity index (χ4v) is 3.40. The van der Waals surface area contributed by atoms with Gasteiger partial charge in [-0.2, -0.15) is 0 Å². The molecule has 3 N–H and O–H groups in total. The minimum absolute atomic E-state index is 0.166. The molecule has 1 heterocycles. The lowest BCUT2D eigenvalue weighted by Crippen LogP contribution is -2.32. The molecule has 0 amide bonds. The number of sulfonamides is 1. The molecule has 0 bridgehead atoms. The van der Waals surface area contributed by atoms with Crippen LogP contribution in [-0.4, -0.2) is 14.5 Å². The molecule has 0 saturated heterocycles. The average molecular weight is 300 g/mol. The number of nitrogens with two attached hydrogens (primary N) is 1. The minimum atomic E-state index is -3.73. The summed E-state index contributed by atoms with van der Waals surface area (Å²) in [6.45, 7) is 2.79. The second-order valence-electron chi connectivity index (χ2n) is 5.65. The molecule has 1 aliphatic carbocycles. The van der Waals surface area contributed by atoms with Crippen molar-refractivity contribution in [3.8, 4) is 0 Å². The van der Waals surface area contributed by atoms with E-state index < -0.39 is 10.0 Å². The SMILES string of the molecule is CCCC1CCC(NCc2ccc(S(N)(=O)=O)o2)CC1. The van der Waals surface area contributed by atoms with Crippen LogP contribution in [0.25, 0.3) is 0 Å². The van der Waals surface area contributed by atoms with E-state index >= 15 is 0 Å². The Morgan fingerprint density at radius 2 is 2.00 bits per heavy atom. The van der Waals surface area contributed by atoms with E-state index in [1.54, 1.807) is 6.07 Å². The summed E-state index contributed by atoms with van der Waals surface area (Å²) in [6.07, 6.45) is 7.55. The highest BCUT2D eigenvalue weighted by Gasteiger charge is 2.20. The predicted molar refractivity (Wildman–Crippen MR) is 77.6 cm³/mol. The monoisotopic (exact) mass is 300 g/mol. The summed E-state index contributed by atoms with van der Waals surface area (Å²) >= 11 is 0. The molecule has 20 heavy (non-hydrogen) atoms. The van der Waals surface area contributed by atoms with Gasteiger partial charge in [0.15, 0.2) is 0 Å².